The highest BCUT2D eigenvalue weighted by molar-refractivity contribution is 5.17. The zero-order valence-corrected chi connectivity index (χ0v) is 8.66. The quantitative estimate of drug-likeness (QED) is 0.784. The van der Waals surface area contributed by atoms with Crippen molar-refractivity contribution >= 4 is 0 Å². The number of nitrogens with zero attached hydrogens (tertiary/aromatic N) is 2. The number of hydrogen-bond acceptors (Lipinski definition) is 3. The van der Waals surface area contributed by atoms with Gasteiger partial charge in [0.15, 0.2) is 0 Å². The van der Waals surface area contributed by atoms with Crippen LogP contribution in [0.3, 0.4) is 0 Å². The van der Waals surface area contributed by atoms with Gasteiger partial charge in [0.05, 0.1) is 0 Å². The van der Waals surface area contributed by atoms with Crippen molar-refractivity contribution in [2.75, 3.05) is 0 Å². The molecule has 76 valence electrons. The Kier molecular flexibility index (Phi) is 2.50. The average molecular weight is 191 g/mol. The molecule has 0 unspecified atom stereocenters. The van der Waals surface area contributed by atoms with Crippen molar-refractivity contribution in [3.05, 3.63) is 23.8 Å². The Morgan fingerprint density at radius 2 is 2.29 bits per heavy atom. The smallest absolute Gasteiger partial charge is 0.115 e. The van der Waals surface area contributed by atoms with Crippen molar-refractivity contribution < 1.29 is 0 Å². The number of rotatable bonds is 4. The molecule has 0 atom stereocenters. The van der Waals surface area contributed by atoms with Gasteiger partial charge in [0.1, 0.15) is 6.33 Å². The first-order valence-corrected chi connectivity index (χ1v) is 5.30. The third-order valence-electron chi connectivity index (χ3n) is 3.00. The summed E-state index contributed by atoms with van der Waals surface area (Å²) >= 11 is 0. The van der Waals surface area contributed by atoms with Crippen molar-refractivity contribution in [3.8, 4) is 0 Å². The first-order chi connectivity index (χ1) is 6.73. The predicted octanol–water partition coefficient (Wildman–Crippen LogP) is 1.46. The highest BCUT2D eigenvalue weighted by Crippen LogP contribution is 2.36. The summed E-state index contributed by atoms with van der Waals surface area (Å²) in [6.07, 6.45) is 9.00. The summed E-state index contributed by atoms with van der Waals surface area (Å²) in [5.41, 5.74) is 8.63. The van der Waals surface area contributed by atoms with E-state index in [-0.39, 0.29) is 5.54 Å². The minimum Gasteiger partial charge on any atom is -0.325 e. The average Bonchev–Trinajstić information content (AvgIpc) is 2.95. The molecular formula is C11H17N3. The molecule has 0 radical (unpaired) electrons. The van der Waals surface area contributed by atoms with Crippen LogP contribution in [-0.2, 0) is 12.8 Å². The topological polar surface area (TPSA) is 51.8 Å². The normalized spacial score (nSPS) is 18.1. The lowest BCUT2D eigenvalue weighted by Gasteiger charge is -2.09. The molecule has 1 saturated carbocycles. The predicted molar refractivity (Wildman–Crippen MR) is 55.9 cm³/mol. The number of aromatic nitrogens is 2. The molecule has 0 spiro atoms. The van der Waals surface area contributed by atoms with E-state index in [1.165, 1.54) is 24.1 Å². The fourth-order valence-corrected chi connectivity index (χ4v) is 1.71. The van der Waals surface area contributed by atoms with Crippen LogP contribution in [0.1, 0.15) is 37.4 Å². The van der Waals surface area contributed by atoms with Crippen molar-refractivity contribution in [1.82, 2.24) is 9.97 Å². The summed E-state index contributed by atoms with van der Waals surface area (Å²) in [4.78, 5) is 8.33. The van der Waals surface area contributed by atoms with Gasteiger partial charge in [-0.15, -0.1) is 0 Å². The van der Waals surface area contributed by atoms with Crippen LogP contribution in [0.4, 0.5) is 0 Å². The van der Waals surface area contributed by atoms with E-state index >= 15 is 0 Å². The second kappa shape index (κ2) is 3.65. The van der Waals surface area contributed by atoms with Crippen LogP contribution in [0.15, 0.2) is 12.5 Å². The highest BCUT2D eigenvalue weighted by atomic mass is 14.8. The van der Waals surface area contributed by atoms with Gasteiger partial charge in [-0.25, -0.2) is 9.97 Å². The summed E-state index contributed by atoms with van der Waals surface area (Å²) in [6.45, 7) is 2.13. The van der Waals surface area contributed by atoms with Gasteiger partial charge in [-0.2, -0.15) is 0 Å². The molecule has 1 aliphatic carbocycles. The Bertz CT molecular complexity index is 318. The lowest BCUT2D eigenvalue weighted by molar-refractivity contribution is 0.605. The largest absolute Gasteiger partial charge is 0.325 e. The molecule has 3 heteroatoms. The monoisotopic (exact) mass is 191 g/mol. The van der Waals surface area contributed by atoms with Crippen molar-refractivity contribution in [3.63, 3.8) is 0 Å². The molecule has 0 amide bonds. The SMILES string of the molecule is CCc1ncncc1CCC1(N)CC1. The van der Waals surface area contributed by atoms with Gasteiger partial charge in [-0.05, 0) is 37.7 Å². The van der Waals surface area contributed by atoms with Crippen LogP contribution in [-0.4, -0.2) is 15.5 Å². The molecule has 2 N–H and O–H groups in total. The molecule has 1 aromatic rings. The van der Waals surface area contributed by atoms with Crippen molar-refractivity contribution in [2.24, 2.45) is 5.73 Å². The van der Waals surface area contributed by atoms with E-state index in [0.29, 0.717) is 0 Å². The molecule has 1 fully saturated rings. The molecule has 14 heavy (non-hydrogen) atoms. The minimum absolute atomic E-state index is 0.140. The fourth-order valence-electron chi connectivity index (χ4n) is 1.71. The Balaban J connectivity index is 2.00. The van der Waals surface area contributed by atoms with Gasteiger partial charge in [-0.3, -0.25) is 0 Å². The Morgan fingerprint density at radius 3 is 2.93 bits per heavy atom. The number of nitrogens with two attached hydrogens (primary N) is 1. The molecule has 0 bridgehead atoms. The maximum atomic E-state index is 6.05. The third kappa shape index (κ3) is 2.10. The summed E-state index contributed by atoms with van der Waals surface area (Å²) in [5, 5.41) is 0. The lowest BCUT2D eigenvalue weighted by atomic mass is 10.0. The number of aryl methyl sites for hydroxylation is 2. The van der Waals surface area contributed by atoms with Gasteiger partial charge in [0.25, 0.3) is 0 Å². The molecule has 2 rings (SSSR count). The Labute approximate surface area is 84.8 Å². The third-order valence-corrected chi connectivity index (χ3v) is 3.00. The van der Waals surface area contributed by atoms with Crippen LogP contribution in [0.5, 0.6) is 0 Å². The zero-order valence-electron chi connectivity index (χ0n) is 8.66. The summed E-state index contributed by atoms with van der Waals surface area (Å²) in [7, 11) is 0. The lowest BCUT2D eigenvalue weighted by Crippen LogP contribution is -2.22. The second-order valence-electron chi connectivity index (χ2n) is 4.21. The molecule has 0 saturated heterocycles. The molecule has 3 nitrogen and oxygen atoms in total. The zero-order chi connectivity index (χ0) is 10.0. The molecule has 1 aromatic heterocycles. The Morgan fingerprint density at radius 1 is 1.50 bits per heavy atom. The molecule has 1 aliphatic rings. The van der Waals surface area contributed by atoms with Crippen LogP contribution >= 0.6 is 0 Å². The van der Waals surface area contributed by atoms with Crippen LogP contribution in [0.2, 0.25) is 0 Å². The van der Waals surface area contributed by atoms with Crippen LogP contribution in [0, 0.1) is 0 Å². The van der Waals surface area contributed by atoms with Gasteiger partial charge in [-0.1, -0.05) is 6.92 Å². The fraction of sp³-hybridized carbons (Fsp3) is 0.636. The van der Waals surface area contributed by atoms with E-state index in [2.05, 4.69) is 16.9 Å². The molecular weight excluding hydrogens is 174 g/mol. The first-order valence-electron chi connectivity index (χ1n) is 5.30. The van der Waals surface area contributed by atoms with E-state index in [1.807, 2.05) is 6.20 Å². The van der Waals surface area contributed by atoms with E-state index in [1.54, 1.807) is 6.33 Å². The highest BCUT2D eigenvalue weighted by Gasteiger charge is 2.37. The Hall–Kier alpha value is -0.960. The standard InChI is InChI=1S/C11H17N3/c1-2-10-9(7-13-8-14-10)3-4-11(12)5-6-11/h7-8H,2-6,12H2,1H3. The van der Waals surface area contributed by atoms with Gasteiger partial charge >= 0.3 is 0 Å². The molecule has 0 aliphatic heterocycles. The van der Waals surface area contributed by atoms with Gasteiger partial charge < -0.3 is 5.73 Å². The minimum atomic E-state index is 0.140. The first kappa shape index (κ1) is 9.59. The van der Waals surface area contributed by atoms with Crippen molar-refractivity contribution in [2.45, 2.75) is 44.6 Å². The van der Waals surface area contributed by atoms with E-state index in [4.69, 9.17) is 5.73 Å². The maximum absolute atomic E-state index is 6.05. The van der Waals surface area contributed by atoms with E-state index < -0.39 is 0 Å². The van der Waals surface area contributed by atoms with Crippen molar-refractivity contribution in [1.29, 1.82) is 0 Å². The molecule has 0 aromatic carbocycles. The summed E-state index contributed by atoms with van der Waals surface area (Å²) < 4.78 is 0. The molecule has 1 heterocycles. The van der Waals surface area contributed by atoms with Crippen LogP contribution in [0.25, 0.3) is 0 Å². The van der Waals surface area contributed by atoms with E-state index in [9.17, 15) is 0 Å². The summed E-state index contributed by atoms with van der Waals surface area (Å²) in [5.74, 6) is 0. The van der Waals surface area contributed by atoms with Gasteiger partial charge in [0.2, 0.25) is 0 Å². The van der Waals surface area contributed by atoms with Gasteiger partial charge in [0, 0.05) is 17.4 Å². The second-order valence-corrected chi connectivity index (χ2v) is 4.21. The van der Waals surface area contributed by atoms with Crippen LogP contribution < -0.4 is 5.73 Å². The maximum Gasteiger partial charge on any atom is 0.115 e. The summed E-state index contributed by atoms with van der Waals surface area (Å²) in [6, 6.07) is 0. The van der Waals surface area contributed by atoms with E-state index in [0.717, 1.165) is 19.3 Å². The number of hydrogen-bond donors (Lipinski definition) is 1.